The summed E-state index contributed by atoms with van der Waals surface area (Å²) in [5.74, 6) is 2.30. The number of rotatable bonds is 1. The monoisotopic (exact) mass is 164 g/mol. The van der Waals surface area contributed by atoms with Crippen LogP contribution in [0.5, 0.6) is 0 Å². The first kappa shape index (κ1) is 8.87. The average molecular weight is 164 g/mol. The van der Waals surface area contributed by atoms with Crippen molar-refractivity contribution in [3.63, 3.8) is 0 Å². The van der Waals surface area contributed by atoms with Gasteiger partial charge in [0, 0.05) is 19.0 Å². The van der Waals surface area contributed by atoms with Crippen molar-refractivity contribution >= 4 is 0 Å². The van der Waals surface area contributed by atoms with E-state index < -0.39 is 11.8 Å². The van der Waals surface area contributed by atoms with E-state index in [0.29, 0.717) is 13.0 Å². The first-order valence-corrected chi connectivity index (χ1v) is 3.87. The van der Waals surface area contributed by atoms with Crippen LogP contribution in [-0.4, -0.2) is 24.0 Å². The Labute approximate surface area is 65.3 Å². The summed E-state index contributed by atoms with van der Waals surface area (Å²) in [6, 6.07) is 0. The van der Waals surface area contributed by atoms with E-state index in [2.05, 4.69) is 0 Å². The van der Waals surface area contributed by atoms with Gasteiger partial charge in [0.25, 0.3) is 0 Å². The van der Waals surface area contributed by atoms with Gasteiger partial charge in [0.2, 0.25) is 5.92 Å². The lowest BCUT2D eigenvalue weighted by molar-refractivity contribution is -0.0664. The minimum atomic E-state index is -2.57. The summed E-state index contributed by atoms with van der Waals surface area (Å²) in [5, 5.41) is 1.48. The standard InChI is InChI=1S/C7H14F2N2/c1-7(8,9)6-3-2-4-11(10)5-6/h6H,2-5,10H2,1H3/t6-/m1/s1. The molecule has 0 aromatic heterocycles. The Morgan fingerprint density at radius 2 is 2.18 bits per heavy atom. The number of nitrogens with two attached hydrogens (primary N) is 1. The molecule has 1 fully saturated rings. The maximum absolute atomic E-state index is 12.7. The molecule has 0 aromatic rings. The van der Waals surface area contributed by atoms with Crippen molar-refractivity contribution in [2.75, 3.05) is 13.1 Å². The molecule has 0 aliphatic carbocycles. The van der Waals surface area contributed by atoms with Crippen LogP contribution in [0.1, 0.15) is 19.8 Å². The maximum Gasteiger partial charge on any atom is 0.249 e. The first-order chi connectivity index (χ1) is 5.00. The molecule has 2 nitrogen and oxygen atoms in total. The highest BCUT2D eigenvalue weighted by Gasteiger charge is 2.36. The number of hydrogen-bond acceptors (Lipinski definition) is 2. The Hall–Kier alpha value is -0.220. The predicted octanol–water partition coefficient (Wildman–Crippen LogP) is 1.23. The lowest BCUT2D eigenvalue weighted by Gasteiger charge is -2.32. The second-order valence-electron chi connectivity index (χ2n) is 3.29. The van der Waals surface area contributed by atoms with Crippen LogP contribution >= 0.6 is 0 Å². The van der Waals surface area contributed by atoms with Crippen LogP contribution in [0.25, 0.3) is 0 Å². The van der Waals surface area contributed by atoms with Gasteiger partial charge in [0.05, 0.1) is 0 Å². The molecule has 0 unspecified atom stereocenters. The molecule has 0 amide bonds. The molecule has 1 heterocycles. The van der Waals surface area contributed by atoms with Gasteiger partial charge in [-0.1, -0.05) is 0 Å². The zero-order valence-corrected chi connectivity index (χ0v) is 6.69. The molecular weight excluding hydrogens is 150 g/mol. The molecule has 0 bridgehead atoms. The molecule has 1 rings (SSSR count). The lowest BCUT2D eigenvalue weighted by atomic mass is 9.94. The van der Waals surface area contributed by atoms with Crippen LogP contribution in [0.3, 0.4) is 0 Å². The third-order valence-corrected chi connectivity index (χ3v) is 2.17. The predicted molar refractivity (Wildman–Crippen MR) is 39.1 cm³/mol. The second kappa shape index (κ2) is 3.03. The zero-order valence-electron chi connectivity index (χ0n) is 6.69. The normalized spacial score (nSPS) is 28.9. The van der Waals surface area contributed by atoms with Gasteiger partial charge < -0.3 is 0 Å². The molecule has 11 heavy (non-hydrogen) atoms. The molecule has 0 spiro atoms. The quantitative estimate of drug-likeness (QED) is 0.590. The average Bonchev–Trinajstić information content (AvgIpc) is 1.86. The van der Waals surface area contributed by atoms with Gasteiger partial charge in [-0.3, -0.25) is 5.84 Å². The lowest BCUT2D eigenvalue weighted by Crippen LogP contribution is -2.45. The van der Waals surface area contributed by atoms with Crippen LogP contribution in [0.2, 0.25) is 0 Å². The van der Waals surface area contributed by atoms with Crippen molar-refractivity contribution in [1.82, 2.24) is 5.01 Å². The molecule has 0 radical (unpaired) electrons. The SMILES string of the molecule is CC(F)(F)[C@@H]1CCCN(N)C1. The summed E-state index contributed by atoms with van der Waals surface area (Å²) in [5.41, 5.74) is 0. The van der Waals surface area contributed by atoms with Crippen molar-refractivity contribution < 1.29 is 8.78 Å². The van der Waals surface area contributed by atoms with Gasteiger partial charge in [-0.15, -0.1) is 0 Å². The van der Waals surface area contributed by atoms with E-state index in [0.717, 1.165) is 19.9 Å². The van der Waals surface area contributed by atoms with Crippen molar-refractivity contribution in [3.8, 4) is 0 Å². The molecule has 1 saturated heterocycles. The molecule has 1 aliphatic heterocycles. The number of alkyl halides is 2. The van der Waals surface area contributed by atoms with E-state index in [4.69, 9.17) is 5.84 Å². The number of piperidine rings is 1. The Bertz CT molecular complexity index is 133. The van der Waals surface area contributed by atoms with Gasteiger partial charge in [0.1, 0.15) is 0 Å². The van der Waals surface area contributed by atoms with Crippen LogP contribution in [-0.2, 0) is 0 Å². The summed E-state index contributed by atoms with van der Waals surface area (Å²) < 4.78 is 25.4. The van der Waals surface area contributed by atoms with Crippen molar-refractivity contribution in [1.29, 1.82) is 0 Å². The minimum absolute atomic E-state index is 0.323. The van der Waals surface area contributed by atoms with Gasteiger partial charge in [-0.2, -0.15) is 0 Å². The summed E-state index contributed by atoms with van der Waals surface area (Å²) >= 11 is 0. The summed E-state index contributed by atoms with van der Waals surface area (Å²) in [7, 11) is 0. The smallest absolute Gasteiger partial charge is 0.249 e. The highest BCUT2D eigenvalue weighted by Crippen LogP contribution is 2.30. The number of hydrogen-bond donors (Lipinski definition) is 1. The molecular formula is C7H14F2N2. The van der Waals surface area contributed by atoms with Crippen molar-refractivity contribution in [3.05, 3.63) is 0 Å². The summed E-state index contributed by atoms with van der Waals surface area (Å²) in [6.07, 6.45) is 1.38. The molecule has 4 heteroatoms. The van der Waals surface area contributed by atoms with E-state index in [1.807, 2.05) is 0 Å². The number of nitrogens with zero attached hydrogens (tertiary/aromatic N) is 1. The molecule has 2 N–H and O–H groups in total. The van der Waals surface area contributed by atoms with E-state index in [-0.39, 0.29) is 0 Å². The van der Waals surface area contributed by atoms with Crippen LogP contribution in [0, 0.1) is 5.92 Å². The Balaban J connectivity index is 2.46. The Morgan fingerprint density at radius 1 is 1.55 bits per heavy atom. The minimum Gasteiger partial charge on any atom is -0.269 e. The van der Waals surface area contributed by atoms with Crippen LogP contribution in [0.4, 0.5) is 8.78 Å². The molecule has 66 valence electrons. The molecule has 0 saturated carbocycles. The largest absolute Gasteiger partial charge is 0.269 e. The second-order valence-corrected chi connectivity index (χ2v) is 3.29. The third kappa shape index (κ3) is 2.38. The van der Waals surface area contributed by atoms with Crippen molar-refractivity contribution in [2.45, 2.75) is 25.7 Å². The number of hydrazine groups is 1. The van der Waals surface area contributed by atoms with Crippen LogP contribution < -0.4 is 5.84 Å². The number of halogens is 2. The fourth-order valence-electron chi connectivity index (χ4n) is 1.42. The Morgan fingerprint density at radius 3 is 2.55 bits per heavy atom. The first-order valence-electron chi connectivity index (χ1n) is 3.87. The molecule has 1 atom stereocenters. The van der Waals surface area contributed by atoms with E-state index in [9.17, 15) is 8.78 Å². The fraction of sp³-hybridized carbons (Fsp3) is 1.00. The molecule has 1 aliphatic rings. The zero-order chi connectivity index (χ0) is 8.48. The van der Waals surface area contributed by atoms with Gasteiger partial charge >= 0.3 is 0 Å². The van der Waals surface area contributed by atoms with Gasteiger partial charge in [0.15, 0.2) is 0 Å². The van der Waals surface area contributed by atoms with Gasteiger partial charge in [-0.25, -0.2) is 13.8 Å². The van der Waals surface area contributed by atoms with E-state index in [1.165, 1.54) is 5.01 Å². The van der Waals surface area contributed by atoms with E-state index in [1.54, 1.807) is 0 Å². The highest BCUT2D eigenvalue weighted by molar-refractivity contribution is 4.78. The van der Waals surface area contributed by atoms with E-state index >= 15 is 0 Å². The van der Waals surface area contributed by atoms with Crippen molar-refractivity contribution in [2.24, 2.45) is 11.8 Å². The molecule has 0 aromatic carbocycles. The summed E-state index contributed by atoms with van der Waals surface area (Å²) in [6.45, 7) is 2.03. The fourth-order valence-corrected chi connectivity index (χ4v) is 1.42. The maximum atomic E-state index is 12.7. The van der Waals surface area contributed by atoms with Gasteiger partial charge in [-0.05, 0) is 19.8 Å². The third-order valence-electron chi connectivity index (χ3n) is 2.17. The topological polar surface area (TPSA) is 29.3 Å². The highest BCUT2D eigenvalue weighted by atomic mass is 19.3. The van der Waals surface area contributed by atoms with Crippen LogP contribution in [0.15, 0.2) is 0 Å². The Kier molecular flexibility index (Phi) is 2.44. The summed E-state index contributed by atoms with van der Waals surface area (Å²) in [4.78, 5) is 0.